The van der Waals surface area contributed by atoms with Gasteiger partial charge < -0.3 is 19.5 Å². The van der Waals surface area contributed by atoms with Gasteiger partial charge >= 0.3 is 0 Å². The Labute approximate surface area is 176 Å². The van der Waals surface area contributed by atoms with Crippen LogP contribution in [0.3, 0.4) is 0 Å². The SMILES string of the molecule is CCC(CC)C(CNC(=NC)N1CCC(C)C(n2ccnc2)C1)N1CCOCC1. The first-order chi connectivity index (χ1) is 14.2. The van der Waals surface area contributed by atoms with Crippen LogP contribution in [0.4, 0.5) is 0 Å². The van der Waals surface area contributed by atoms with Crippen molar-refractivity contribution in [1.29, 1.82) is 0 Å². The van der Waals surface area contributed by atoms with Crippen molar-refractivity contribution in [2.24, 2.45) is 16.8 Å². The molecule has 3 rings (SSSR count). The van der Waals surface area contributed by atoms with E-state index in [-0.39, 0.29) is 0 Å². The number of aromatic nitrogens is 2. The summed E-state index contributed by atoms with van der Waals surface area (Å²) in [6.45, 7) is 13.7. The zero-order chi connectivity index (χ0) is 20.6. The second-order valence-corrected chi connectivity index (χ2v) is 8.51. The van der Waals surface area contributed by atoms with Crippen LogP contribution < -0.4 is 5.32 Å². The second kappa shape index (κ2) is 11.0. The van der Waals surface area contributed by atoms with Crippen molar-refractivity contribution in [3.63, 3.8) is 0 Å². The number of aliphatic imine (C=N–C) groups is 1. The van der Waals surface area contributed by atoms with E-state index < -0.39 is 0 Å². The van der Waals surface area contributed by atoms with Gasteiger partial charge in [-0.15, -0.1) is 0 Å². The first-order valence-corrected chi connectivity index (χ1v) is 11.4. The summed E-state index contributed by atoms with van der Waals surface area (Å²) in [6.07, 6.45) is 9.50. The minimum Gasteiger partial charge on any atom is -0.379 e. The van der Waals surface area contributed by atoms with Crippen LogP contribution in [0, 0.1) is 11.8 Å². The van der Waals surface area contributed by atoms with Crippen LogP contribution in [-0.2, 0) is 4.74 Å². The van der Waals surface area contributed by atoms with Crippen molar-refractivity contribution >= 4 is 5.96 Å². The summed E-state index contributed by atoms with van der Waals surface area (Å²) in [7, 11) is 1.91. The van der Waals surface area contributed by atoms with Gasteiger partial charge in [-0.1, -0.05) is 33.6 Å². The maximum Gasteiger partial charge on any atom is 0.193 e. The topological polar surface area (TPSA) is 57.9 Å². The number of piperidine rings is 1. The van der Waals surface area contributed by atoms with Crippen LogP contribution >= 0.6 is 0 Å². The average Bonchev–Trinajstić information content (AvgIpc) is 3.29. The van der Waals surface area contributed by atoms with Crippen LogP contribution in [0.25, 0.3) is 0 Å². The first-order valence-electron chi connectivity index (χ1n) is 11.4. The Morgan fingerprint density at radius 3 is 2.62 bits per heavy atom. The molecule has 1 N–H and O–H groups in total. The van der Waals surface area contributed by atoms with E-state index in [0.717, 1.165) is 51.9 Å². The summed E-state index contributed by atoms with van der Waals surface area (Å²) < 4.78 is 7.85. The molecule has 0 aromatic carbocycles. The largest absolute Gasteiger partial charge is 0.379 e. The number of likely N-dealkylation sites (tertiary alicyclic amines) is 1. The van der Waals surface area contributed by atoms with Gasteiger partial charge in [-0.25, -0.2) is 4.98 Å². The summed E-state index contributed by atoms with van der Waals surface area (Å²) in [6, 6.07) is 0.970. The zero-order valence-electron chi connectivity index (χ0n) is 18.8. The summed E-state index contributed by atoms with van der Waals surface area (Å²) >= 11 is 0. The smallest absolute Gasteiger partial charge is 0.193 e. The van der Waals surface area contributed by atoms with E-state index in [0.29, 0.717) is 23.9 Å². The summed E-state index contributed by atoms with van der Waals surface area (Å²) in [5.74, 6) is 2.37. The van der Waals surface area contributed by atoms with E-state index in [1.54, 1.807) is 0 Å². The number of imidazole rings is 1. The van der Waals surface area contributed by atoms with Crippen LogP contribution in [0.1, 0.15) is 46.1 Å². The third-order valence-electron chi connectivity index (χ3n) is 6.91. The van der Waals surface area contributed by atoms with Gasteiger partial charge in [-0.3, -0.25) is 9.89 Å². The Morgan fingerprint density at radius 1 is 1.24 bits per heavy atom. The molecule has 2 aliphatic heterocycles. The zero-order valence-corrected chi connectivity index (χ0v) is 18.8. The highest BCUT2D eigenvalue weighted by molar-refractivity contribution is 5.80. The van der Waals surface area contributed by atoms with E-state index >= 15 is 0 Å². The molecule has 3 heterocycles. The van der Waals surface area contributed by atoms with E-state index in [9.17, 15) is 0 Å². The molecule has 7 nitrogen and oxygen atoms in total. The fourth-order valence-corrected chi connectivity index (χ4v) is 4.96. The van der Waals surface area contributed by atoms with Gasteiger partial charge in [0, 0.05) is 58.2 Å². The number of hydrogen-bond donors (Lipinski definition) is 1. The van der Waals surface area contributed by atoms with Gasteiger partial charge in [0.1, 0.15) is 0 Å². The van der Waals surface area contributed by atoms with Gasteiger partial charge in [0.2, 0.25) is 0 Å². The van der Waals surface area contributed by atoms with E-state index in [1.807, 2.05) is 19.6 Å². The van der Waals surface area contributed by atoms with Gasteiger partial charge in [-0.2, -0.15) is 0 Å². The first kappa shape index (κ1) is 22.1. The molecule has 0 saturated carbocycles. The molecule has 164 valence electrons. The van der Waals surface area contributed by atoms with Gasteiger partial charge in [0.25, 0.3) is 0 Å². The minimum atomic E-state index is 0.443. The Hall–Kier alpha value is -1.60. The molecule has 0 spiro atoms. The number of rotatable bonds is 7. The Kier molecular flexibility index (Phi) is 8.36. The average molecular weight is 405 g/mol. The number of hydrogen-bond acceptors (Lipinski definition) is 4. The molecule has 3 atom stereocenters. The normalized spacial score (nSPS) is 25.4. The summed E-state index contributed by atoms with van der Waals surface area (Å²) in [4.78, 5) is 13.9. The fraction of sp³-hybridized carbons (Fsp3) is 0.818. The van der Waals surface area contributed by atoms with Gasteiger partial charge in [0.05, 0.1) is 25.6 Å². The number of ether oxygens (including phenoxy) is 1. The third kappa shape index (κ3) is 5.51. The Morgan fingerprint density at radius 2 is 2.00 bits per heavy atom. The van der Waals surface area contributed by atoms with Crippen molar-refractivity contribution in [2.75, 3.05) is 53.0 Å². The molecule has 1 aromatic heterocycles. The molecular formula is C22H40N6O. The van der Waals surface area contributed by atoms with Gasteiger partial charge in [0.15, 0.2) is 5.96 Å². The maximum atomic E-state index is 5.59. The van der Waals surface area contributed by atoms with Crippen LogP contribution in [-0.4, -0.2) is 84.3 Å². The molecule has 2 fully saturated rings. The lowest BCUT2D eigenvalue weighted by molar-refractivity contribution is 0.00253. The number of morpholine rings is 1. The van der Waals surface area contributed by atoms with Crippen molar-refractivity contribution < 1.29 is 4.74 Å². The number of nitrogens with zero attached hydrogens (tertiary/aromatic N) is 5. The highest BCUT2D eigenvalue weighted by Crippen LogP contribution is 2.27. The molecule has 29 heavy (non-hydrogen) atoms. The Balaban J connectivity index is 1.64. The lowest BCUT2D eigenvalue weighted by atomic mass is 9.92. The second-order valence-electron chi connectivity index (χ2n) is 8.51. The number of nitrogens with one attached hydrogen (secondary N) is 1. The summed E-state index contributed by atoms with van der Waals surface area (Å²) in [5.41, 5.74) is 0. The molecule has 2 aliphatic rings. The highest BCUT2D eigenvalue weighted by atomic mass is 16.5. The van der Waals surface area contributed by atoms with Crippen LogP contribution in [0.15, 0.2) is 23.7 Å². The number of guanidine groups is 1. The molecule has 0 amide bonds. The van der Waals surface area contributed by atoms with E-state index in [1.165, 1.54) is 19.3 Å². The standard InChI is InChI=1S/C22H40N6O/c1-5-19(6-2)20(26-11-13-29-14-12-26)15-25-22(23-4)27-9-7-18(3)21(16-27)28-10-8-24-17-28/h8,10,17-21H,5-7,9,11-16H2,1-4H3,(H,23,25). The monoisotopic (exact) mass is 404 g/mol. The minimum absolute atomic E-state index is 0.443. The molecule has 0 radical (unpaired) electrons. The summed E-state index contributed by atoms with van der Waals surface area (Å²) in [5, 5.41) is 3.73. The molecule has 2 saturated heterocycles. The fourth-order valence-electron chi connectivity index (χ4n) is 4.96. The van der Waals surface area contributed by atoms with E-state index in [2.05, 4.69) is 56.6 Å². The van der Waals surface area contributed by atoms with Gasteiger partial charge in [-0.05, 0) is 18.3 Å². The molecule has 3 unspecified atom stereocenters. The molecule has 7 heteroatoms. The molecule has 0 bridgehead atoms. The third-order valence-corrected chi connectivity index (χ3v) is 6.91. The lowest BCUT2D eigenvalue weighted by Crippen LogP contribution is -2.55. The van der Waals surface area contributed by atoms with Crippen molar-refractivity contribution in [1.82, 2.24) is 24.7 Å². The van der Waals surface area contributed by atoms with Crippen molar-refractivity contribution in [2.45, 2.75) is 52.1 Å². The van der Waals surface area contributed by atoms with Crippen molar-refractivity contribution in [3.05, 3.63) is 18.7 Å². The quantitative estimate of drug-likeness (QED) is 0.559. The highest BCUT2D eigenvalue weighted by Gasteiger charge is 2.31. The predicted octanol–water partition coefficient (Wildman–Crippen LogP) is 2.48. The molecular weight excluding hydrogens is 364 g/mol. The molecule has 0 aliphatic carbocycles. The predicted molar refractivity (Wildman–Crippen MR) is 118 cm³/mol. The van der Waals surface area contributed by atoms with Crippen LogP contribution in [0.5, 0.6) is 0 Å². The molecule has 1 aromatic rings. The maximum absolute atomic E-state index is 5.59. The Bertz CT molecular complexity index is 609. The lowest BCUT2D eigenvalue weighted by Gasteiger charge is -2.41. The van der Waals surface area contributed by atoms with Crippen molar-refractivity contribution in [3.8, 4) is 0 Å². The van der Waals surface area contributed by atoms with E-state index in [4.69, 9.17) is 4.74 Å². The van der Waals surface area contributed by atoms with Crippen LogP contribution in [0.2, 0.25) is 0 Å².